The molecule has 0 radical (unpaired) electrons. The first-order valence-electron chi connectivity index (χ1n) is 24.7. The van der Waals surface area contributed by atoms with Crippen LogP contribution in [-0.2, 0) is 32.7 Å². The molecule has 0 amide bonds. The van der Waals surface area contributed by atoms with E-state index in [4.69, 9.17) is 24.3 Å². The van der Waals surface area contributed by atoms with E-state index in [-0.39, 0.29) is 38.6 Å². The standard InChI is InChI=1S/C48H94NO8P/c1-3-5-7-9-11-13-15-17-19-21-22-23-25-27-29-31-33-35-37-39-41-48(51)57-46(45-56-58(52,53)55-43-42-49)44-54-47(50)40-38-36-34-32-30-28-26-24-20-18-16-14-12-10-8-6-4-2/h14,16,46H,3-13,15,17-45,49H2,1-2H3,(H,52,53)/b16-14+/t46-/m1/s1. The summed E-state index contributed by atoms with van der Waals surface area (Å²) in [6.45, 7) is 3.77. The van der Waals surface area contributed by atoms with Gasteiger partial charge >= 0.3 is 19.8 Å². The molecule has 2 atom stereocenters. The molecule has 344 valence electrons. The number of hydrogen-bond acceptors (Lipinski definition) is 8. The zero-order chi connectivity index (χ0) is 42.5. The normalized spacial score (nSPS) is 13.2. The maximum absolute atomic E-state index is 12.6. The first kappa shape index (κ1) is 56.8. The van der Waals surface area contributed by atoms with Gasteiger partial charge in [-0.3, -0.25) is 18.6 Å². The molecule has 0 aromatic rings. The molecule has 1 unspecified atom stereocenters. The van der Waals surface area contributed by atoms with E-state index in [1.807, 2.05) is 0 Å². The van der Waals surface area contributed by atoms with E-state index in [9.17, 15) is 19.0 Å². The van der Waals surface area contributed by atoms with Gasteiger partial charge in [0, 0.05) is 19.4 Å². The summed E-state index contributed by atoms with van der Waals surface area (Å²) in [5.41, 5.74) is 5.36. The Morgan fingerprint density at radius 3 is 1.24 bits per heavy atom. The first-order valence-corrected chi connectivity index (χ1v) is 26.2. The Bertz CT molecular complexity index is 964. The van der Waals surface area contributed by atoms with Crippen LogP contribution in [0, 0.1) is 0 Å². The van der Waals surface area contributed by atoms with Crippen molar-refractivity contribution in [1.82, 2.24) is 0 Å². The van der Waals surface area contributed by atoms with E-state index in [1.165, 1.54) is 186 Å². The van der Waals surface area contributed by atoms with Crippen LogP contribution in [0.3, 0.4) is 0 Å². The number of allylic oxidation sites excluding steroid dienone is 2. The second kappa shape index (κ2) is 45.3. The van der Waals surface area contributed by atoms with E-state index < -0.39 is 26.5 Å². The van der Waals surface area contributed by atoms with Crippen LogP contribution in [0.4, 0.5) is 0 Å². The third-order valence-electron chi connectivity index (χ3n) is 10.9. The van der Waals surface area contributed by atoms with E-state index in [2.05, 4.69) is 26.0 Å². The van der Waals surface area contributed by atoms with E-state index in [0.29, 0.717) is 6.42 Å². The highest BCUT2D eigenvalue weighted by molar-refractivity contribution is 7.47. The number of phosphoric ester groups is 1. The molecule has 0 aliphatic carbocycles. The van der Waals surface area contributed by atoms with Gasteiger partial charge in [-0.05, 0) is 38.5 Å². The minimum atomic E-state index is -4.38. The maximum atomic E-state index is 12.6. The monoisotopic (exact) mass is 844 g/mol. The highest BCUT2D eigenvalue weighted by atomic mass is 31.2. The molecule has 9 nitrogen and oxygen atoms in total. The van der Waals surface area contributed by atoms with Crippen LogP contribution in [0.5, 0.6) is 0 Å². The summed E-state index contributed by atoms with van der Waals surface area (Å²) >= 11 is 0. The van der Waals surface area contributed by atoms with Crippen molar-refractivity contribution in [2.75, 3.05) is 26.4 Å². The number of carbonyl (C=O) groups excluding carboxylic acids is 2. The molecule has 0 spiro atoms. The summed E-state index contributed by atoms with van der Waals surface area (Å²) in [6, 6.07) is 0. The van der Waals surface area contributed by atoms with E-state index in [1.54, 1.807) is 0 Å². The molecular weight excluding hydrogens is 750 g/mol. The molecule has 0 rings (SSSR count). The van der Waals surface area contributed by atoms with Crippen LogP contribution < -0.4 is 5.73 Å². The van der Waals surface area contributed by atoms with Crippen molar-refractivity contribution < 1.29 is 37.6 Å². The van der Waals surface area contributed by atoms with Crippen LogP contribution in [0.2, 0.25) is 0 Å². The van der Waals surface area contributed by atoms with Crippen molar-refractivity contribution in [1.29, 1.82) is 0 Å². The molecule has 0 fully saturated rings. The summed E-state index contributed by atoms with van der Waals surface area (Å²) in [4.78, 5) is 35.0. The largest absolute Gasteiger partial charge is 0.472 e. The maximum Gasteiger partial charge on any atom is 0.472 e. The summed E-state index contributed by atoms with van der Waals surface area (Å²) in [5, 5.41) is 0. The third kappa shape index (κ3) is 44.3. The molecule has 0 heterocycles. The highest BCUT2D eigenvalue weighted by Crippen LogP contribution is 2.43. The molecule has 0 aromatic carbocycles. The van der Waals surface area contributed by atoms with Gasteiger partial charge in [-0.25, -0.2) is 4.57 Å². The summed E-state index contributed by atoms with van der Waals surface area (Å²) in [7, 11) is -4.38. The first-order chi connectivity index (χ1) is 28.3. The topological polar surface area (TPSA) is 134 Å². The number of esters is 2. The minimum Gasteiger partial charge on any atom is -0.462 e. The Hall–Kier alpha value is -1.25. The Morgan fingerprint density at radius 1 is 0.500 bits per heavy atom. The number of rotatable bonds is 47. The predicted molar refractivity (Wildman–Crippen MR) is 243 cm³/mol. The SMILES string of the molecule is CCCCCC/C=C/CCCCCCCCCCCC(=O)OC[C@H](COP(=O)(O)OCCN)OC(=O)CCCCCCCCCCCCCCCCCCCCCC. The van der Waals surface area contributed by atoms with E-state index >= 15 is 0 Å². The molecule has 0 saturated carbocycles. The lowest BCUT2D eigenvalue weighted by Gasteiger charge is -2.19. The molecule has 3 N–H and O–H groups in total. The highest BCUT2D eigenvalue weighted by Gasteiger charge is 2.26. The van der Waals surface area contributed by atoms with Crippen LogP contribution in [-0.4, -0.2) is 49.3 Å². The van der Waals surface area contributed by atoms with Gasteiger partial charge in [0.15, 0.2) is 6.10 Å². The lowest BCUT2D eigenvalue weighted by Crippen LogP contribution is -2.29. The number of nitrogens with two attached hydrogens (primary N) is 1. The minimum absolute atomic E-state index is 0.0564. The van der Waals surface area contributed by atoms with Crippen LogP contribution in [0.15, 0.2) is 12.2 Å². The van der Waals surface area contributed by atoms with Gasteiger partial charge in [0.2, 0.25) is 0 Å². The second-order valence-electron chi connectivity index (χ2n) is 16.7. The Balaban J connectivity index is 4.03. The van der Waals surface area contributed by atoms with Crippen molar-refractivity contribution >= 4 is 19.8 Å². The number of ether oxygens (including phenoxy) is 2. The van der Waals surface area contributed by atoms with Gasteiger partial charge in [0.1, 0.15) is 6.61 Å². The van der Waals surface area contributed by atoms with Crippen molar-refractivity contribution in [3.05, 3.63) is 12.2 Å². The Kier molecular flexibility index (Phi) is 44.3. The summed E-state index contributed by atoms with van der Waals surface area (Å²) < 4.78 is 32.9. The fraction of sp³-hybridized carbons (Fsp3) is 0.917. The summed E-state index contributed by atoms with van der Waals surface area (Å²) in [6.07, 6.45) is 48.1. The molecule has 10 heteroatoms. The van der Waals surface area contributed by atoms with Crippen molar-refractivity contribution in [3.8, 4) is 0 Å². The van der Waals surface area contributed by atoms with Gasteiger partial charge in [-0.1, -0.05) is 212 Å². The van der Waals surface area contributed by atoms with Gasteiger partial charge < -0.3 is 20.1 Å². The zero-order valence-electron chi connectivity index (χ0n) is 38.1. The fourth-order valence-corrected chi connectivity index (χ4v) is 7.99. The predicted octanol–water partition coefficient (Wildman–Crippen LogP) is 14.6. The van der Waals surface area contributed by atoms with Crippen molar-refractivity contribution in [3.63, 3.8) is 0 Å². The average molecular weight is 844 g/mol. The van der Waals surface area contributed by atoms with Gasteiger partial charge in [-0.15, -0.1) is 0 Å². The quantitative estimate of drug-likeness (QED) is 0.0266. The average Bonchev–Trinajstić information content (AvgIpc) is 3.21. The lowest BCUT2D eigenvalue weighted by atomic mass is 10.0. The van der Waals surface area contributed by atoms with Gasteiger partial charge in [0.05, 0.1) is 13.2 Å². The lowest BCUT2D eigenvalue weighted by molar-refractivity contribution is -0.161. The van der Waals surface area contributed by atoms with Gasteiger partial charge in [0.25, 0.3) is 0 Å². The van der Waals surface area contributed by atoms with Crippen LogP contribution in [0.25, 0.3) is 0 Å². The number of unbranched alkanes of at least 4 members (excludes halogenated alkanes) is 32. The summed E-state index contributed by atoms with van der Waals surface area (Å²) in [5.74, 6) is -0.815. The van der Waals surface area contributed by atoms with Crippen molar-refractivity contribution in [2.45, 2.75) is 258 Å². The smallest absolute Gasteiger partial charge is 0.462 e. The Labute approximate surface area is 358 Å². The second-order valence-corrected chi connectivity index (χ2v) is 18.1. The molecule has 0 aliphatic heterocycles. The van der Waals surface area contributed by atoms with Gasteiger partial charge in [-0.2, -0.15) is 0 Å². The van der Waals surface area contributed by atoms with Crippen LogP contribution >= 0.6 is 7.82 Å². The molecule has 0 aromatic heterocycles. The van der Waals surface area contributed by atoms with Crippen LogP contribution in [0.1, 0.15) is 251 Å². The van der Waals surface area contributed by atoms with Crippen molar-refractivity contribution in [2.24, 2.45) is 5.73 Å². The third-order valence-corrected chi connectivity index (χ3v) is 11.9. The molecule has 0 bridgehead atoms. The zero-order valence-corrected chi connectivity index (χ0v) is 38.9. The number of carbonyl (C=O) groups is 2. The molecular formula is C48H94NO8P. The fourth-order valence-electron chi connectivity index (χ4n) is 7.22. The molecule has 58 heavy (non-hydrogen) atoms. The number of phosphoric acid groups is 1. The Morgan fingerprint density at radius 2 is 0.845 bits per heavy atom. The number of hydrogen-bond donors (Lipinski definition) is 2. The molecule has 0 aliphatic rings. The molecule has 0 saturated heterocycles. The van der Waals surface area contributed by atoms with E-state index in [0.717, 1.165) is 32.1 Å².